The van der Waals surface area contributed by atoms with Gasteiger partial charge < -0.3 is 0 Å². The lowest BCUT2D eigenvalue weighted by Gasteiger charge is -2.33. The average molecular weight is 281 g/mol. The Bertz CT molecular complexity index is 411. The Balaban J connectivity index is 2.09. The largest absolute Gasteiger partial charge is 0.271 e. The van der Waals surface area contributed by atoms with Crippen LogP contribution in [0.25, 0.3) is 0 Å². The van der Waals surface area contributed by atoms with E-state index in [-0.39, 0.29) is 6.04 Å². The fraction of sp³-hybridized carbons (Fsp3) is 0.625. The molecule has 1 fully saturated rings. The summed E-state index contributed by atoms with van der Waals surface area (Å²) in [5.74, 6) is 7.34. The van der Waals surface area contributed by atoms with Gasteiger partial charge in [0.05, 0.1) is 0 Å². The first kappa shape index (κ1) is 14.8. The second kappa shape index (κ2) is 6.74. The quantitative estimate of drug-likeness (QED) is 0.635. The zero-order chi connectivity index (χ0) is 13.8. The van der Waals surface area contributed by atoms with Crippen molar-refractivity contribution in [2.45, 2.75) is 52.0 Å². The van der Waals surface area contributed by atoms with Crippen molar-refractivity contribution in [2.75, 3.05) is 0 Å². The van der Waals surface area contributed by atoms with Crippen molar-refractivity contribution in [3.8, 4) is 0 Å². The van der Waals surface area contributed by atoms with Crippen LogP contribution in [0.4, 0.5) is 0 Å². The molecule has 0 radical (unpaired) electrons. The smallest absolute Gasteiger partial charge is 0.0488 e. The van der Waals surface area contributed by atoms with Crippen LogP contribution in [0.1, 0.15) is 56.2 Å². The molecule has 0 aliphatic heterocycles. The van der Waals surface area contributed by atoms with Gasteiger partial charge in [-0.1, -0.05) is 49.9 Å². The zero-order valence-corrected chi connectivity index (χ0v) is 12.7. The van der Waals surface area contributed by atoms with Gasteiger partial charge in [0.1, 0.15) is 0 Å². The second-order valence-electron chi connectivity index (χ2n) is 5.84. The summed E-state index contributed by atoms with van der Waals surface area (Å²) >= 11 is 6.23. The molecule has 1 aromatic rings. The molecule has 1 unspecified atom stereocenters. The van der Waals surface area contributed by atoms with Crippen molar-refractivity contribution in [1.82, 2.24) is 5.43 Å². The number of hydrogen-bond acceptors (Lipinski definition) is 2. The number of hydrazine groups is 1. The number of rotatable bonds is 4. The molecule has 0 heterocycles. The average Bonchev–Trinajstić information content (AvgIpc) is 2.44. The highest BCUT2D eigenvalue weighted by atomic mass is 35.5. The maximum Gasteiger partial charge on any atom is 0.0488 e. The Morgan fingerprint density at radius 3 is 2.53 bits per heavy atom. The van der Waals surface area contributed by atoms with E-state index in [0.717, 1.165) is 16.5 Å². The third-order valence-electron chi connectivity index (χ3n) is 4.67. The summed E-state index contributed by atoms with van der Waals surface area (Å²) < 4.78 is 0. The van der Waals surface area contributed by atoms with Crippen LogP contribution in [-0.2, 0) is 0 Å². The second-order valence-corrected chi connectivity index (χ2v) is 6.25. The number of halogens is 1. The van der Waals surface area contributed by atoms with E-state index in [1.807, 2.05) is 6.92 Å². The third-order valence-corrected chi connectivity index (χ3v) is 5.08. The maximum absolute atomic E-state index is 6.23. The lowest BCUT2D eigenvalue weighted by atomic mass is 9.76. The van der Waals surface area contributed by atoms with Gasteiger partial charge in [0, 0.05) is 11.1 Å². The SMILES string of the molecule is CCC1CCC(C(NN)c2ccc(C)c(Cl)c2)CC1. The van der Waals surface area contributed by atoms with Crippen LogP contribution in [0.2, 0.25) is 5.02 Å². The minimum atomic E-state index is 0.232. The van der Waals surface area contributed by atoms with Crippen molar-refractivity contribution < 1.29 is 0 Å². The number of nitrogens with one attached hydrogen (secondary N) is 1. The summed E-state index contributed by atoms with van der Waals surface area (Å²) in [6.07, 6.45) is 6.50. The van der Waals surface area contributed by atoms with E-state index in [9.17, 15) is 0 Å². The van der Waals surface area contributed by atoms with Gasteiger partial charge in [-0.15, -0.1) is 0 Å². The lowest BCUT2D eigenvalue weighted by molar-refractivity contribution is 0.219. The normalized spacial score (nSPS) is 25.3. The van der Waals surface area contributed by atoms with Crippen LogP contribution in [0, 0.1) is 18.8 Å². The van der Waals surface area contributed by atoms with Gasteiger partial charge in [0.25, 0.3) is 0 Å². The Hall–Kier alpha value is -0.570. The molecule has 1 saturated carbocycles. The lowest BCUT2D eigenvalue weighted by Crippen LogP contribution is -2.35. The summed E-state index contributed by atoms with van der Waals surface area (Å²) in [7, 11) is 0. The van der Waals surface area contributed by atoms with Crippen molar-refractivity contribution in [3.05, 3.63) is 34.3 Å². The van der Waals surface area contributed by atoms with E-state index >= 15 is 0 Å². The first-order valence-electron chi connectivity index (χ1n) is 7.37. The molecule has 0 amide bonds. The molecule has 3 heteroatoms. The number of benzene rings is 1. The van der Waals surface area contributed by atoms with E-state index in [1.54, 1.807) is 0 Å². The zero-order valence-electron chi connectivity index (χ0n) is 12.0. The van der Waals surface area contributed by atoms with Gasteiger partial charge in [0.2, 0.25) is 0 Å². The van der Waals surface area contributed by atoms with E-state index in [1.165, 1.54) is 37.7 Å². The third kappa shape index (κ3) is 3.50. The van der Waals surface area contributed by atoms with Crippen molar-refractivity contribution >= 4 is 11.6 Å². The number of aryl methyl sites for hydroxylation is 1. The standard InChI is InChI=1S/C16H25ClN2/c1-3-12-5-8-13(9-6-12)16(19-18)14-7-4-11(2)15(17)10-14/h4,7,10,12-13,16,19H,3,5-6,8-9,18H2,1-2H3. The molecule has 3 N–H and O–H groups in total. The van der Waals surface area contributed by atoms with Crippen LogP contribution in [0.5, 0.6) is 0 Å². The highest BCUT2D eigenvalue weighted by Crippen LogP contribution is 2.38. The molecule has 1 aliphatic rings. The number of nitrogens with two attached hydrogens (primary N) is 1. The van der Waals surface area contributed by atoms with Gasteiger partial charge >= 0.3 is 0 Å². The fourth-order valence-electron chi connectivity index (χ4n) is 3.24. The summed E-state index contributed by atoms with van der Waals surface area (Å²) in [4.78, 5) is 0. The van der Waals surface area contributed by atoms with Gasteiger partial charge in [-0.05, 0) is 48.8 Å². The first-order chi connectivity index (χ1) is 9.15. The van der Waals surface area contributed by atoms with Gasteiger partial charge in [0.15, 0.2) is 0 Å². The summed E-state index contributed by atoms with van der Waals surface area (Å²) in [5, 5.41) is 0.833. The van der Waals surface area contributed by atoms with Crippen LogP contribution < -0.4 is 11.3 Å². The highest BCUT2D eigenvalue weighted by molar-refractivity contribution is 6.31. The Kier molecular flexibility index (Phi) is 5.26. The van der Waals surface area contributed by atoms with E-state index in [2.05, 4.69) is 30.5 Å². The molecule has 1 atom stereocenters. The molecule has 0 aromatic heterocycles. The van der Waals surface area contributed by atoms with Gasteiger partial charge in [-0.3, -0.25) is 11.3 Å². The molecular formula is C16H25ClN2. The molecule has 1 aliphatic carbocycles. The van der Waals surface area contributed by atoms with E-state index < -0.39 is 0 Å². The van der Waals surface area contributed by atoms with Gasteiger partial charge in [-0.25, -0.2) is 0 Å². The van der Waals surface area contributed by atoms with E-state index in [0.29, 0.717) is 5.92 Å². The topological polar surface area (TPSA) is 38.0 Å². The summed E-state index contributed by atoms with van der Waals surface area (Å²) in [6, 6.07) is 6.53. The Morgan fingerprint density at radius 1 is 1.32 bits per heavy atom. The van der Waals surface area contributed by atoms with Crippen molar-refractivity contribution in [2.24, 2.45) is 17.7 Å². The molecule has 19 heavy (non-hydrogen) atoms. The predicted molar refractivity (Wildman–Crippen MR) is 82.0 cm³/mol. The summed E-state index contributed by atoms with van der Waals surface area (Å²) in [5.41, 5.74) is 5.35. The molecule has 106 valence electrons. The molecule has 0 spiro atoms. The van der Waals surface area contributed by atoms with Gasteiger partial charge in [-0.2, -0.15) is 0 Å². The van der Waals surface area contributed by atoms with Crippen LogP contribution in [0.15, 0.2) is 18.2 Å². The first-order valence-corrected chi connectivity index (χ1v) is 7.75. The monoisotopic (exact) mass is 280 g/mol. The Morgan fingerprint density at radius 2 is 2.00 bits per heavy atom. The minimum Gasteiger partial charge on any atom is -0.271 e. The van der Waals surface area contributed by atoms with Crippen LogP contribution in [-0.4, -0.2) is 0 Å². The minimum absolute atomic E-state index is 0.232. The molecule has 2 rings (SSSR count). The molecular weight excluding hydrogens is 256 g/mol. The van der Waals surface area contributed by atoms with E-state index in [4.69, 9.17) is 17.4 Å². The highest BCUT2D eigenvalue weighted by Gasteiger charge is 2.27. The van der Waals surface area contributed by atoms with Crippen LogP contribution in [0.3, 0.4) is 0 Å². The molecule has 2 nitrogen and oxygen atoms in total. The molecule has 1 aromatic carbocycles. The number of hydrogen-bond donors (Lipinski definition) is 2. The van der Waals surface area contributed by atoms with Crippen molar-refractivity contribution in [1.29, 1.82) is 0 Å². The molecule has 0 bridgehead atoms. The Labute approximate surface area is 121 Å². The van der Waals surface area contributed by atoms with Crippen molar-refractivity contribution in [3.63, 3.8) is 0 Å². The van der Waals surface area contributed by atoms with Crippen LogP contribution >= 0.6 is 11.6 Å². The molecule has 0 saturated heterocycles. The predicted octanol–water partition coefficient (Wildman–Crippen LogP) is 4.37. The summed E-state index contributed by atoms with van der Waals surface area (Å²) in [6.45, 7) is 4.33. The maximum atomic E-state index is 6.23. The fourth-order valence-corrected chi connectivity index (χ4v) is 3.43.